The van der Waals surface area contributed by atoms with E-state index in [0.717, 1.165) is 43.2 Å². The summed E-state index contributed by atoms with van der Waals surface area (Å²) >= 11 is 0. The van der Waals surface area contributed by atoms with Gasteiger partial charge in [0, 0.05) is 25.6 Å². The van der Waals surface area contributed by atoms with Crippen LogP contribution in [0.25, 0.3) is 0 Å². The van der Waals surface area contributed by atoms with Crippen molar-refractivity contribution in [2.45, 2.75) is 46.0 Å². The van der Waals surface area contributed by atoms with Crippen molar-refractivity contribution in [3.05, 3.63) is 53.5 Å². The van der Waals surface area contributed by atoms with Crippen molar-refractivity contribution in [3.8, 4) is 0 Å². The number of Topliss-reactive ketones (excluding diaryl/α,β-unsaturated/α-hetero) is 1. The van der Waals surface area contributed by atoms with Crippen molar-refractivity contribution in [1.29, 1.82) is 0 Å². The van der Waals surface area contributed by atoms with E-state index in [4.69, 9.17) is 0 Å². The zero-order valence-electron chi connectivity index (χ0n) is 15.2. The molecule has 132 valence electrons. The van der Waals surface area contributed by atoms with Crippen molar-refractivity contribution < 1.29 is 4.79 Å². The SMILES string of the molecule is CCCN(CC1CC1)c1cc(C(=O)Cc2ccc(CC)cc2)ncn1. The molecule has 2 aromatic rings. The third kappa shape index (κ3) is 4.88. The number of aryl methyl sites for hydroxylation is 1. The molecule has 1 fully saturated rings. The lowest BCUT2D eigenvalue weighted by molar-refractivity contribution is 0.0988. The van der Waals surface area contributed by atoms with Gasteiger partial charge in [-0.25, -0.2) is 9.97 Å². The van der Waals surface area contributed by atoms with Crippen LogP contribution in [0.2, 0.25) is 0 Å². The molecule has 0 aliphatic heterocycles. The van der Waals surface area contributed by atoms with Gasteiger partial charge in [0.25, 0.3) is 0 Å². The average Bonchev–Trinajstić information content (AvgIpc) is 3.46. The molecule has 4 heteroatoms. The molecule has 1 heterocycles. The highest BCUT2D eigenvalue weighted by molar-refractivity contribution is 5.96. The lowest BCUT2D eigenvalue weighted by atomic mass is 10.0. The van der Waals surface area contributed by atoms with Gasteiger partial charge in [0.15, 0.2) is 5.78 Å². The van der Waals surface area contributed by atoms with E-state index in [9.17, 15) is 4.79 Å². The predicted octanol–water partition coefficient (Wildman–Crippen LogP) is 4.09. The van der Waals surface area contributed by atoms with E-state index in [2.05, 4.69) is 40.8 Å². The molecule has 0 spiro atoms. The van der Waals surface area contributed by atoms with Gasteiger partial charge < -0.3 is 4.90 Å². The van der Waals surface area contributed by atoms with Crippen molar-refractivity contribution in [2.24, 2.45) is 5.92 Å². The van der Waals surface area contributed by atoms with E-state index in [1.54, 1.807) is 0 Å². The van der Waals surface area contributed by atoms with Gasteiger partial charge in [-0.15, -0.1) is 0 Å². The molecule has 25 heavy (non-hydrogen) atoms. The summed E-state index contributed by atoms with van der Waals surface area (Å²) in [4.78, 5) is 23.6. The van der Waals surface area contributed by atoms with Crippen molar-refractivity contribution in [3.63, 3.8) is 0 Å². The standard InChI is InChI=1S/C21H27N3O/c1-3-11-24(14-18-9-10-18)21-13-19(22-15-23-21)20(25)12-17-7-5-16(4-2)6-8-17/h5-8,13,15,18H,3-4,9-12,14H2,1-2H3. The molecule has 3 rings (SSSR count). The molecular weight excluding hydrogens is 310 g/mol. The van der Waals surface area contributed by atoms with Gasteiger partial charge >= 0.3 is 0 Å². The third-order valence-corrected chi connectivity index (χ3v) is 4.73. The summed E-state index contributed by atoms with van der Waals surface area (Å²) in [7, 11) is 0. The Bertz CT molecular complexity index is 707. The number of hydrogen-bond donors (Lipinski definition) is 0. The van der Waals surface area contributed by atoms with Gasteiger partial charge in [0.2, 0.25) is 0 Å². The summed E-state index contributed by atoms with van der Waals surface area (Å²) in [6.07, 6.45) is 6.62. The first-order valence-electron chi connectivity index (χ1n) is 9.37. The largest absolute Gasteiger partial charge is 0.356 e. The smallest absolute Gasteiger partial charge is 0.185 e. The monoisotopic (exact) mass is 337 g/mol. The molecule has 4 nitrogen and oxygen atoms in total. The van der Waals surface area contributed by atoms with Crippen LogP contribution in [0, 0.1) is 5.92 Å². The highest BCUT2D eigenvalue weighted by Crippen LogP contribution is 2.31. The quantitative estimate of drug-likeness (QED) is 0.647. The van der Waals surface area contributed by atoms with Gasteiger partial charge in [-0.1, -0.05) is 38.1 Å². The normalized spacial score (nSPS) is 13.7. The van der Waals surface area contributed by atoms with E-state index >= 15 is 0 Å². The van der Waals surface area contributed by atoms with Crippen molar-refractivity contribution in [1.82, 2.24) is 9.97 Å². The van der Waals surface area contributed by atoms with Crippen LogP contribution in [0.1, 0.15) is 54.7 Å². The second-order valence-corrected chi connectivity index (χ2v) is 6.92. The first-order chi connectivity index (χ1) is 12.2. The number of carbonyl (C=O) groups is 1. The van der Waals surface area contributed by atoms with Crippen LogP contribution in [0.4, 0.5) is 5.82 Å². The van der Waals surface area contributed by atoms with E-state index in [1.807, 2.05) is 18.2 Å². The van der Waals surface area contributed by atoms with E-state index in [-0.39, 0.29) is 5.78 Å². The molecule has 1 aliphatic carbocycles. The van der Waals surface area contributed by atoms with Crippen molar-refractivity contribution >= 4 is 11.6 Å². The van der Waals surface area contributed by atoms with Gasteiger partial charge in [-0.05, 0) is 42.7 Å². The first-order valence-corrected chi connectivity index (χ1v) is 9.37. The summed E-state index contributed by atoms with van der Waals surface area (Å²) < 4.78 is 0. The van der Waals surface area contributed by atoms with Crippen LogP contribution >= 0.6 is 0 Å². The lowest BCUT2D eigenvalue weighted by Crippen LogP contribution is -2.27. The molecule has 0 bridgehead atoms. The van der Waals surface area contributed by atoms with Gasteiger partial charge in [0.1, 0.15) is 17.8 Å². The van der Waals surface area contributed by atoms with Crippen molar-refractivity contribution in [2.75, 3.05) is 18.0 Å². The second kappa shape index (κ2) is 8.24. The van der Waals surface area contributed by atoms with E-state index < -0.39 is 0 Å². The molecule has 1 aliphatic rings. The van der Waals surface area contributed by atoms with Crippen LogP contribution in [0.5, 0.6) is 0 Å². The second-order valence-electron chi connectivity index (χ2n) is 6.92. The summed E-state index contributed by atoms with van der Waals surface area (Å²) in [5, 5.41) is 0. The maximum absolute atomic E-state index is 12.6. The van der Waals surface area contributed by atoms with E-state index in [0.29, 0.717) is 12.1 Å². The Morgan fingerprint density at radius 1 is 1.12 bits per heavy atom. The Morgan fingerprint density at radius 3 is 2.48 bits per heavy atom. The first kappa shape index (κ1) is 17.6. The molecule has 0 radical (unpaired) electrons. The number of rotatable bonds is 9. The number of hydrogen-bond acceptors (Lipinski definition) is 4. The molecule has 0 atom stereocenters. The summed E-state index contributed by atoms with van der Waals surface area (Å²) in [6.45, 7) is 6.32. The predicted molar refractivity (Wildman–Crippen MR) is 101 cm³/mol. The molecule has 1 aromatic heterocycles. The molecule has 1 saturated carbocycles. The minimum absolute atomic E-state index is 0.0516. The fourth-order valence-corrected chi connectivity index (χ4v) is 3.02. The number of ketones is 1. The number of anilines is 1. The maximum Gasteiger partial charge on any atom is 0.185 e. The lowest BCUT2D eigenvalue weighted by Gasteiger charge is -2.23. The molecule has 0 amide bonds. The zero-order chi connectivity index (χ0) is 17.6. The van der Waals surface area contributed by atoms with Crippen LogP contribution in [-0.4, -0.2) is 28.8 Å². The minimum atomic E-state index is 0.0516. The summed E-state index contributed by atoms with van der Waals surface area (Å²) in [6, 6.07) is 10.1. The number of nitrogens with zero attached hydrogens (tertiary/aromatic N) is 3. The van der Waals surface area contributed by atoms with Gasteiger partial charge in [-0.3, -0.25) is 4.79 Å². The molecule has 1 aromatic carbocycles. The molecule has 0 saturated heterocycles. The van der Waals surface area contributed by atoms with Gasteiger partial charge in [0.05, 0.1) is 0 Å². The Labute approximate surface area is 150 Å². The molecular formula is C21H27N3O. The fourth-order valence-electron chi connectivity index (χ4n) is 3.02. The third-order valence-electron chi connectivity index (χ3n) is 4.73. The van der Waals surface area contributed by atoms with Crippen LogP contribution in [0.3, 0.4) is 0 Å². The van der Waals surface area contributed by atoms with Crippen LogP contribution < -0.4 is 4.90 Å². The fraction of sp³-hybridized carbons (Fsp3) is 0.476. The van der Waals surface area contributed by atoms with Gasteiger partial charge in [-0.2, -0.15) is 0 Å². The van der Waals surface area contributed by atoms with E-state index in [1.165, 1.54) is 24.7 Å². The number of aromatic nitrogens is 2. The topological polar surface area (TPSA) is 46.1 Å². The molecule has 0 unspecified atom stereocenters. The highest BCUT2D eigenvalue weighted by Gasteiger charge is 2.25. The molecule has 0 N–H and O–H groups in total. The number of benzene rings is 1. The summed E-state index contributed by atoms with van der Waals surface area (Å²) in [5.74, 6) is 1.72. The maximum atomic E-state index is 12.6. The number of carbonyl (C=O) groups excluding carboxylic acids is 1. The Balaban J connectivity index is 1.71. The average molecular weight is 337 g/mol. The highest BCUT2D eigenvalue weighted by atomic mass is 16.1. The van der Waals surface area contributed by atoms with Crippen LogP contribution in [-0.2, 0) is 12.8 Å². The Morgan fingerprint density at radius 2 is 1.84 bits per heavy atom. The Hall–Kier alpha value is -2.23. The summed E-state index contributed by atoms with van der Waals surface area (Å²) in [5.41, 5.74) is 2.84. The minimum Gasteiger partial charge on any atom is -0.356 e. The Kier molecular flexibility index (Phi) is 5.79. The zero-order valence-corrected chi connectivity index (χ0v) is 15.2. The van der Waals surface area contributed by atoms with Crippen LogP contribution in [0.15, 0.2) is 36.7 Å².